The largest absolute Gasteiger partial charge is 0.393 e. The molecule has 0 saturated carbocycles. The lowest BCUT2D eigenvalue weighted by Crippen LogP contribution is -2.35. The number of piperidine rings is 1. The van der Waals surface area contributed by atoms with E-state index >= 15 is 0 Å². The van der Waals surface area contributed by atoms with Crippen LogP contribution in [0.3, 0.4) is 0 Å². The highest BCUT2D eigenvalue weighted by molar-refractivity contribution is 5.87. The van der Waals surface area contributed by atoms with Crippen molar-refractivity contribution in [2.24, 2.45) is 0 Å². The van der Waals surface area contributed by atoms with E-state index in [4.69, 9.17) is 0 Å². The maximum atomic E-state index is 9.49. The minimum absolute atomic E-state index is 0.143. The molecule has 3 rings (SSSR count). The lowest BCUT2D eigenvalue weighted by Gasteiger charge is -2.31. The van der Waals surface area contributed by atoms with E-state index < -0.39 is 0 Å². The van der Waals surface area contributed by atoms with Gasteiger partial charge < -0.3 is 10.0 Å². The predicted octanol–water partition coefficient (Wildman–Crippen LogP) is 0.919. The Morgan fingerprint density at radius 1 is 1.38 bits per heavy atom. The molecule has 2 aromatic heterocycles. The molecule has 3 heterocycles. The first kappa shape index (κ1) is 9.59. The van der Waals surface area contributed by atoms with Crippen molar-refractivity contribution in [3.8, 4) is 0 Å². The molecule has 0 radical (unpaired) electrons. The van der Waals surface area contributed by atoms with Gasteiger partial charge >= 0.3 is 0 Å². The summed E-state index contributed by atoms with van der Waals surface area (Å²) < 4.78 is 0. The van der Waals surface area contributed by atoms with E-state index in [9.17, 15) is 5.11 Å². The van der Waals surface area contributed by atoms with Gasteiger partial charge in [0.15, 0.2) is 0 Å². The Morgan fingerprint density at radius 3 is 3.00 bits per heavy atom. The summed E-state index contributed by atoms with van der Waals surface area (Å²) in [5.41, 5.74) is 3.01. The van der Waals surface area contributed by atoms with Gasteiger partial charge in [0.25, 0.3) is 0 Å². The molecule has 0 spiro atoms. The fourth-order valence-electron chi connectivity index (χ4n) is 2.21. The second-order valence-electron chi connectivity index (χ2n) is 4.18. The van der Waals surface area contributed by atoms with Crippen LogP contribution in [0.4, 0.5) is 5.69 Å². The molecule has 1 saturated heterocycles. The number of aromatic nitrogens is 3. The van der Waals surface area contributed by atoms with Crippen LogP contribution in [0.15, 0.2) is 18.5 Å². The van der Waals surface area contributed by atoms with E-state index in [1.807, 2.05) is 6.07 Å². The van der Waals surface area contributed by atoms with Crippen molar-refractivity contribution in [2.75, 3.05) is 18.0 Å². The third-order valence-electron chi connectivity index (χ3n) is 3.13. The van der Waals surface area contributed by atoms with Crippen LogP contribution >= 0.6 is 0 Å². The second kappa shape index (κ2) is 3.75. The summed E-state index contributed by atoms with van der Waals surface area (Å²) in [5.74, 6) is 0. The zero-order chi connectivity index (χ0) is 11.0. The Bertz CT molecular complexity index is 487. The molecule has 0 amide bonds. The smallest absolute Gasteiger partial charge is 0.110 e. The number of nitrogens with one attached hydrogen (secondary N) is 1. The number of aliphatic hydroxyl groups excluding tert-OH is 1. The van der Waals surface area contributed by atoms with Crippen molar-refractivity contribution in [1.29, 1.82) is 0 Å². The van der Waals surface area contributed by atoms with Crippen LogP contribution in [0, 0.1) is 0 Å². The van der Waals surface area contributed by atoms with Crippen LogP contribution in [0.25, 0.3) is 11.0 Å². The third kappa shape index (κ3) is 1.53. The van der Waals surface area contributed by atoms with Gasteiger partial charge in [-0.3, -0.25) is 10.1 Å². The highest BCUT2D eigenvalue weighted by Gasteiger charge is 2.19. The lowest BCUT2D eigenvalue weighted by atomic mass is 10.1. The summed E-state index contributed by atoms with van der Waals surface area (Å²) in [6, 6.07) is 2.00. The molecule has 0 bridgehead atoms. The summed E-state index contributed by atoms with van der Waals surface area (Å²) >= 11 is 0. The number of hydrogen-bond acceptors (Lipinski definition) is 4. The van der Waals surface area contributed by atoms with Gasteiger partial charge in [-0.1, -0.05) is 0 Å². The Kier molecular flexibility index (Phi) is 2.25. The molecule has 1 aliphatic heterocycles. The van der Waals surface area contributed by atoms with E-state index in [0.29, 0.717) is 0 Å². The molecule has 0 atom stereocenters. The summed E-state index contributed by atoms with van der Waals surface area (Å²) in [4.78, 5) is 6.51. The molecule has 1 fully saturated rings. The summed E-state index contributed by atoms with van der Waals surface area (Å²) in [7, 11) is 0. The van der Waals surface area contributed by atoms with E-state index in [-0.39, 0.29) is 6.10 Å². The fourth-order valence-corrected chi connectivity index (χ4v) is 2.21. The number of hydrogen-bond donors (Lipinski definition) is 2. The number of pyridine rings is 1. The first-order valence-electron chi connectivity index (χ1n) is 5.56. The standard InChI is InChI=1S/C11H14N4O/c16-8-2-5-15(6-3-8)10-1-4-12-9-7-13-14-11(9)10/h1,4,7-8,16H,2-3,5-6H2,(H,13,14). The van der Waals surface area contributed by atoms with Gasteiger partial charge in [0.2, 0.25) is 0 Å². The molecule has 84 valence electrons. The topological polar surface area (TPSA) is 65.0 Å². The number of nitrogens with zero attached hydrogens (tertiary/aromatic N) is 3. The van der Waals surface area contributed by atoms with E-state index in [2.05, 4.69) is 20.1 Å². The molecule has 2 N–H and O–H groups in total. The van der Waals surface area contributed by atoms with Crippen LogP contribution in [0.5, 0.6) is 0 Å². The molecule has 16 heavy (non-hydrogen) atoms. The van der Waals surface area contributed by atoms with E-state index in [1.165, 1.54) is 0 Å². The van der Waals surface area contributed by atoms with Crippen LogP contribution in [0.2, 0.25) is 0 Å². The van der Waals surface area contributed by atoms with Crippen molar-refractivity contribution in [1.82, 2.24) is 15.2 Å². The molecule has 5 heteroatoms. The van der Waals surface area contributed by atoms with Gasteiger partial charge in [-0.25, -0.2) is 0 Å². The van der Waals surface area contributed by atoms with Gasteiger partial charge in [-0.2, -0.15) is 5.10 Å². The zero-order valence-corrected chi connectivity index (χ0v) is 8.93. The van der Waals surface area contributed by atoms with Crippen molar-refractivity contribution in [2.45, 2.75) is 18.9 Å². The first-order valence-corrected chi connectivity index (χ1v) is 5.56. The summed E-state index contributed by atoms with van der Waals surface area (Å²) in [5, 5.41) is 16.5. The average molecular weight is 218 g/mol. The molecular weight excluding hydrogens is 204 g/mol. The van der Waals surface area contributed by atoms with Gasteiger partial charge in [-0.15, -0.1) is 0 Å². The van der Waals surface area contributed by atoms with Crippen LogP contribution in [-0.2, 0) is 0 Å². The van der Waals surface area contributed by atoms with Crippen molar-refractivity contribution in [3.63, 3.8) is 0 Å². The average Bonchev–Trinajstić information content (AvgIpc) is 2.78. The van der Waals surface area contributed by atoms with Gasteiger partial charge in [-0.05, 0) is 18.9 Å². The monoisotopic (exact) mass is 218 g/mol. The number of fused-ring (bicyclic) bond motifs is 1. The van der Waals surface area contributed by atoms with E-state index in [1.54, 1.807) is 12.4 Å². The number of H-pyrrole nitrogens is 1. The van der Waals surface area contributed by atoms with Crippen molar-refractivity contribution in [3.05, 3.63) is 18.5 Å². The number of anilines is 1. The number of rotatable bonds is 1. The lowest BCUT2D eigenvalue weighted by molar-refractivity contribution is 0.145. The quantitative estimate of drug-likeness (QED) is 0.747. The van der Waals surface area contributed by atoms with Crippen LogP contribution < -0.4 is 4.90 Å². The molecule has 2 aromatic rings. The Morgan fingerprint density at radius 2 is 2.19 bits per heavy atom. The number of aliphatic hydroxyl groups is 1. The molecule has 0 aromatic carbocycles. The van der Waals surface area contributed by atoms with E-state index in [0.717, 1.165) is 42.7 Å². The SMILES string of the molecule is OC1CCN(c2ccnc3cn[nH]c23)CC1. The van der Waals surface area contributed by atoms with Gasteiger partial charge in [0.05, 0.1) is 18.0 Å². The molecule has 1 aliphatic rings. The van der Waals surface area contributed by atoms with Gasteiger partial charge in [0.1, 0.15) is 11.0 Å². The zero-order valence-electron chi connectivity index (χ0n) is 8.93. The molecule has 5 nitrogen and oxygen atoms in total. The van der Waals surface area contributed by atoms with Crippen LogP contribution in [-0.4, -0.2) is 39.5 Å². The summed E-state index contributed by atoms with van der Waals surface area (Å²) in [6.07, 6.45) is 5.06. The predicted molar refractivity (Wildman–Crippen MR) is 61.3 cm³/mol. The maximum absolute atomic E-state index is 9.49. The van der Waals surface area contributed by atoms with Crippen LogP contribution in [0.1, 0.15) is 12.8 Å². The highest BCUT2D eigenvalue weighted by Crippen LogP contribution is 2.25. The first-order chi connectivity index (χ1) is 7.84. The number of aromatic amines is 1. The molecule has 0 unspecified atom stereocenters. The normalized spacial score (nSPS) is 18.2. The molecule has 0 aliphatic carbocycles. The van der Waals surface area contributed by atoms with Crippen molar-refractivity contribution < 1.29 is 5.11 Å². The third-order valence-corrected chi connectivity index (χ3v) is 3.13. The Hall–Kier alpha value is -1.62. The van der Waals surface area contributed by atoms with Crippen molar-refractivity contribution >= 4 is 16.7 Å². The second-order valence-corrected chi connectivity index (χ2v) is 4.18. The highest BCUT2D eigenvalue weighted by atomic mass is 16.3. The minimum atomic E-state index is -0.143. The minimum Gasteiger partial charge on any atom is -0.393 e. The maximum Gasteiger partial charge on any atom is 0.110 e. The summed E-state index contributed by atoms with van der Waals surface area (Å²) in [6.45, 7) is 1.78. The Balaban J connectivity index is 1.96. The molecular formula is C11H14N4O. The van der Waals surface area contributed by atoms with Gasteiger partial charge in [0, 0.05) is 19.3 Å². The Labute approximate surface area is 93.1 Å². The fraction of sp³-hybridized carbons (Fsp3) is 0.455.